The van der Waals surface area contributed by atoms with Crippen LogP contribution in [0.15, 0.2) is 24.4 Å². The van der Waals surface area contributed by atoms with Gasteiger partial charge in [0.15, 0.2) is 5.82 Å². The molecule has 0 saturated carbocycles. The molecule has 0 saturated heterocycles. The summed E-state index contributed by atoms with van der Waals surface area (Å²) >= 11 is 0. The fraction of sp³-hybridized carbons (Fsp3) is 0.308. The number of aryl methyl sites for hydroxylation is 2. The third-order valence-corrected chi connectivity index (χ3v) is 2.66. The average Bonchev–Trinajstić information content (AvgIpc) is 2.69. The lowest BCUT2D eigenvalue weighted by Gasteiger charge is -2.08. The Hall–Kier alpha value is -2.21. The van der Waals surface area contributed by atoms with Crippen molar-refractivity contribution in [1.82, 2.24) is 14.8 Å². The molecule has 0 aromatic carbocycles. The summed E-state index contributed by atoms with van der Waals surface area (Å²) in [6.07, 6.45) is 1.59. The number of carbonyl (C=O) groups is 1. The predicted octanol–water partition coefficient (Wildman–Crippen LogP) is 1.17. The number of rotatable bonds is 3. The summed E-state index contributed by atoms with van der Waals surface area (Å²) in [5, 5.41) is 7.03. The minimum Gasteiger partial charge on any atom is -0.323 e. The fourth-order valence-electron chi connectivity index (χ4n) is 1.70. The molecule has 0 aliphatic heterocycles. The van der Waals surface area contributed by atoms with E-state index < -0.39 is 6.04 Å². The van der Waals surface area contributed by atoms with Gasteiger partial charge in [-0.2, -0.15) is 5.10 Å². The molecular weight excluding hydrogens is 242 g/mol. The van der Waals surface area contributed by atoms with Gasteiger partial charge in [-0.25, -0.2) is 9.67 Å². The van der Waals surface area contributed by atoms with Gasteiger partial charge in [-0.15, -0.1) is 0 Å². The SMILES string of the molecule is Cc1cc(C)n(-c2ccc(NC(=O)[C@@H](C)N)cn2)n1. The molecule has 2 rings (SSSR count). The van der Waals surface area contributed by atoms with Crippen LogP contribution in [0.4, 0.5) is 5.69 Å². The molecule has 0 radical (unpaired) electrons. The van der Waals surface area contributed by atoms with Crippen LogP contribution in [0, 0.1) is 13.8 Å². The maximum Gasteiger partial charge on any atom is 0.241 e. The molecule has 0 aliphatic carbocycles. The summed E-state index contributed by atoms with van der Waals surface area (Å²) in [4.78, 5) is 15.7. The normalized spacial score (nSPS) is 12.2. The number of hydrogen-bond donors (Lipinski definition) is 2. The number of anilines is 1. The van der Waals surface area contributed by atoms with Gasteiger partial charge in [-0.05, 0) is 39.0 Å². The second-order valence-corrected chi connectivity index (χ2v) is 4.52. The van der Waals surface area contributed by atoms with Gasteiger partial charge < -0.3 is 11.1 Å². The highest BCUT2D eigenvalue weighted by atomic mass is 16.2. The smallest absolute Gasteiger partial charge is 0.241 e. The van der Waals surface area contributed by atoms with Crippen LogP contribution in [0.3, 0.4) is 0 Å². The monoisotopic (exact) mass is 259 g/mol. The first kappa shape index (κ1) is 13.2. The molecule has 2 aromatic heterocycles. The predicted molar refractivity (Wildman–Crippen MR) is 73.1 cm³/mol. The minimum atomic E-state index is -0.546. The molecule has 0 aliphatic rings. The van der Waals surface area contributed by atoms with Crippen LogP contribution in [0.25, 0.3) is 5.82 Å². The summed E-state index contributed by atoms with van der Waals surface area (Å²) < 4.78 is 1.76. The van der Waals surface area contributed by atoms with E-state index in [4.69, 9.17) is 5.73 Å². The molecule has 2 aromatic rings. The number of nitrogens with one attached hydrogen (secondary N) is 1. The summed E-state index contributed by atoms with van der Waals surface area (Å²) in [6.45, 7) is 5.53. The van der Waals surface area contributed by atoms with Gasteiger partial charge >= 0.3 is 0 Å². The first-order valence-corrected chi connectivity index (χ1v) is 6.03. The summed E-state index contributed by atoms with van der Waals surface area (Å²) in [5.41, 5.74) is 8.05. The van der Waals surface area contributed by atoms with Gasteiger partial charge in [-0.3, -0.25) is 4.79 Å². The van der Waals surface area contributed by atoms with Gasteiger partial charge in [0.05, 0.1) is 23.6 Å². The first-order chi connectivity index (χ1) is 8.97. The molecule has 100 valence electrons. The Bertz CT molecular complexity index is 586. The van der Waals surface area contributed by atoms with E-state index in [1.165, 1.54) is 0 Å². The van der Waals surface area contributed by atoms with Crippen molar-refractivity contribution < 1.29 is 4.79 Å². The Morgan fingerprint density at radius 3 is 2.63 bits per heavy atom. The zero-order valence-electron chi connectivity index (χ0n) is 11.2. The van der Waals surface area contributed by atoms with Crippen molar-refractivity contribution in [3.8, 4) is 5.82 Å². The number of carbonyl (C=O) groups excluding carboxylic acids is 1. The van der Waals surface area contributed by atoms with Crippen LogP contribution in [-0.2, 0) is 4.79 Å². The summed E-state index contributed by atoms with van der Waals surface area (Å²) in [7, 11) is 0. The Morgan fingerprint density at radius 2 is 2.16 bits per heavy atom. The van der Waals surface area contributed by atoms with Gasteiger partial charge in [0.25, 0.3) is 0 Å². The second-order valence-electron chi connectivity index (χ2n) is 4.52. The van der Waals surface area contributed by atoms with Crippen molar-refractivity contribution in [2.75, 3.05) is 5.32 Å². The van der Waals surface area contributed by atoms with Crippen molar-refractivity contribution in [2.24, 2.45) is 5.73 Å². The Morgan fingerprint density at radius 1 is 1.42 bits per heavy atom. The third-order valence-electron chi connectivity index (χ3n) is 2.66. The Balaban J connectivity index is 2.19. The van der Waals surface area contributed by atoms with Crippen LogP contribution in [0.5, 0.6) is 0 Å². The lowest BCUT2D eigenvalue weighted by atomic mass is 10.3. The van der Waals surface area contributed by atoms with Crippen LogP contribution in [0.2, 0.25) is 0 Å². The number of aromatic nitrogens is 3. The van der Waals surface area contributed by atoms with Gasteiger partial charge in [0.2, 0.25) is 5.91 Å². The van der Waals surface area contributed by atoms with Crippen molar-refractivity contribution in [3.63, 3.8) is 0 Å². The second kappa shape index (κ2) is 5.19. The van der Waals surface area contributed by atoms with E-state index in [0.29, 0.717) is 11.5 Å². The van der Waals surface area contributed by atoms with Gasteiger partial charge in [0, 0.05) is 5.69 Å². The molecule has 0 unspecified atom stereocenters. The lowest BCUT2D eigenvalue weighted by molar-refractivity contribution is -0.117. The molecule has 3 N–H and O–H groups in total. The molecule has 6 heteroatoms. The standard InChI is InChI=1S/C13H17N5O/c1-8-6-9(2)18(17-8)12-5-4-11(7-15-12)16-13(19)10(3)14/h4-7,10H,14H2,1-3H3,(H,16,19)/t10-/m1/s1. The van der Waals surface area contributed by atoms with E-state index >= 15 is 0 Å². The molecule has 0 bridgehead atoms. The number of hydrogen-bond acceptors (Lipinski definition) is 4. The highest BCUT2D eigenvalue weighted by Gasteiger charge is 2.08. The zero-order chi connectivity index (χ0) is 14.0. The van der Waals surface area contributed by atoms with E-state index in [1.54, 1.807) is 29.9 Å². The molecule has 0 fully saturated rings. The van der Waals surface area contributed by atoms with E-state index in [2.05, 4.69) is 15.4 Å². The highest BCUT2D eigenvalue weighted by molar-refractivity contribution is 5.94. The number of amides is 1. The van der Waals surface area contributed by atoms with Crippen molar-refractivity contribution in [1.29, 1.82) is 0 Å². The molecule has 6 nitrogen and oxygen atoms in total. The zero-order valence-corrected chi connectivity index (χ0v) is 11.2. The Labute approximate surface area is 111 Å². The fourth-order valence-corrected chi connectivity index (χ4v) is 1.70. The van der Waals surface area contributed by atoms with Crippen LogP contribution in [-0.4, -0.2) is 26.7 Å². The van der Waals surface area contributed by atoms with Gasteiger partial charge in [-0.1, -0.05) is 0 Å². The largest absolute Gasteiger partial charge is 0.323 e. The number of nitrogens with two attached hydrogens (primary N) is 1. The number of pyridine rings is 1. The molecule has 1 atom stereocenters. The van der Waals surface area contributed by atoms with E-state index in [-0.39, 0.29) is 5.91 Å². The first-order valence-electron chi connectivity index (χ1n) is 6.03. The highest BCUT2D eigenvalue weighted by Crippen LogP contribution is 2.12. The summed E-state index contributed by atoms with van der Waals surface area (Å²) in [6, 6.07) is 5.01. The van der Waals surface area contributed by atoms with Crippen molar-refractivity contribution >= 4 is 11.6 Å². The maximum atomic E-state index is 11.4. The molecule has 2 heterocycles. The average molecular weight is 259 g/mol. The van der Waals surface area contributed by atoms with Crippen molar-refractivity contribution in [3.05, 3.63) is 35.8 Å². The molecule has 19 heavy (non-hydrogen) atoms. The molecule has 0 spiro atoms. The third kappa shape index (κ3) is 2.97. The molecular formula is C13H17N5O. The minimum absolute atomic E-state index is 0.235. The molecule has 1 amide bonds. The van der Waals surface area contributed by atoms with Crippen LogP contribution in [0.1, 0.15) is 18.3 Å². The summed E-state index contributed by atoms with van der Waals surface area (Å²) in [5.74, 6) is 0.477. The van der Waals surface area contributed by atoms with E-state index in [9.17, 15) is 4.79 Å². The Kier molecular flexibility index (Phi) is 3.62. The van der Waals surface area contributed by atoms with E-state index in [1.807, 2.05) is 19.9 Å². The quantitative estimate of drug-likeness (QED) is 0.866. The maximum absolute atomic E-state index is 11.4. The lowest BCUT2D eigenvalue weighted by Crippen LogP contribution is -2.32. The van der Waals surface area contributed by atoms with Crippen LogP contribution < -0.4 is 11.1 Å². The van der Waals surface area contributed by atoms with Crippen molar-refractivity contribution in [2.45, 2.75) is 26.8 Å². The topological polar surface area (TPSA) is 85.8 Å². The van der Waals surface area contributed by atoms with E-state index in [0.717, 1.165) is 11.4 Å². The number of nitrogens with zero attached hydrogens (tertiary/aromatic N) is 3. The van der Waals surface area contributed by atoms with Gasteiger partial charge in [0.1, 0.15) is 0 Å². The van der Waals surface area contributed by atoms with Crippen LogP contribution >= 0.6 is 0 Å².